The van der Waals surface area contributed by atoms with Crippen molar-refractivity contribution in [2.45, 2.75) is 77.2 Å². The van der Waals surface area contributed by atoms with Crippen LogP contribution in [0.4, 0.5) is 5.69 Å². The Labute approximate surface area is 231 Å². The summed E-state index contributed by atoms with van der Waals surface area (Å²) >= 11 is 0. The molecule has 0 saturated carbocycles. The smallest absolute Gasteiger partial charge is 0.313 e. The summed E-state index contributed by atoms with van der Waals surface area (Å²) in [6.45, 7) is 17.2. The van der Waals surface area contributed by atoms with E-state index >= 15 is 0 Å². The van der Waals surface area contributed by atoms with E-state index in [0.29, 0.717) is 19.3 Å². The zero-order chi connectivity index (χ0) is 28.7. The summed E-state index contributed by atoms with van der Waals surface area (Å²) in [4.78, 5) is 45.7. The van der Waals surface area contributed by atoms with E-state index in [1.165, 1.54) is 11.0 Å². The number of aliphatic hydroxyl groups excluding tert-OH is 1. The molecule has 3 heterocycles. The van der Waals surface area contributed by atoms with Crippen LogP contribution in [0, 0.1) is 31.6 Å². The Morgan fingerprint density at radius 3 is 2.46 bits per heavy atom. The number of esters is 1. The van der Waals surface area contributed by atoms with Crippen LogP contribution in [0.25, 0.3) is 0 Å². The van der Waals surface area contributed by atoms with Gasteiger partial charge in [0, 0.05) is 12.2 Å². The largest absolute Gasteiger partial charge is 0.461 e. The normalized spacial score (nSPS) is 29.9. The van der Waals surface area contributed by atoms with Gasteiger partial charge in [-0.2, -0.15) is 0 Å². The maximum atomic E-state index is 14.8. The topological polar surface area (TPSA) is 96.4 Å². The molecular weight excluding hydrogens is 496 g/mol. The SMILES string of the molecule is C=CCOC(=O)[C@H]1[C@H]2C(=O)N([C@@H](CO)CC(C)C)C(C(=O)N(CC=C)c3c(C)cccc3C)C23CC[C@]1(C)O3. The third kappa shape index (κ3) is 4.61. The Bertz CT molecular complexity index is 1140. The maximum Gasteiger partial charge on any atom is 0.313 e. The van der Waals surface area contributed by atoms with Gasteiger partial charge in [0.15, 0.2) is 0 Å². The number of fused-ring (bicyclic) bond motifs is 1. The van der Waals surface area contributed by atoms with Crippen LogP contribution in [-0.2, 0) is 23.9 Å². The monoisotopic (exact) mass is 538 g/mol. The predicted octanol–water partition coefficient (Wildman–Crippen LogP) is 3.72. The van der Waals surface area contributed by atoms with Crippen LogP contribution < -0.4 is 4.90 Å². The lowest BCUT2D eigenvalue weighted by atomic mass is 9.66. The molecule has 2 bridgehead atoms. The molecule has 212 valence electrons. The van der Waals surface area contributed by atoms with Crippen molar-refractivity contribution in [3.63, 3.8) is 0 Å². The van der Waals surface area contributed by atoms with Gasteiger partial charge in [-0.3, -0.25) is 14.4 Å². The fourth-order valence-electron chi connectivity index (χ4n) is 7.24. The summed E-state index contributed by atoms with van der Waals surface area (Å²) in [5.74, 6) is -2.73. The highest BCUT2D eigenvalue weighted by Crippen LogP contribution is 2.64. The molecule has 3 aliphatic rings. The summed E-state index contributed by atoms with van der Waals surface area (Å²) in [6, 6.07) is 4.23. The summed E-state index contributed by atoms with van der Waals surface area (Å²) in [6.07, 6.45) is 4.62. The van der Waals surface area contributed by atoms with Crippen LogP contribution in [0.1, 0.15) is 51.2 Å². The van der Waals surface area contributed by atoms with Crippen molar-refractivity contribution in [3.8, 4) is 0 Å². The Morgan fingerprint density at radius 1 is 1.23 bits per heavy atom. The minimum atomic E-state index is -1.21. The second-order valence-corrected chi connectivity index (χ2v) is 11.8. The van der Waals surface area contributed by atoms with E-state index in [1.54, 1.807) is 11.0 Å². The van der Waals surface area contributed by atoms with Gasteiger partial charge in [0.05, 0.1) is 24.2 Å². The highest BCUT2D eigenvalue weighted by Gasteiger charge is 2.79. The molecule has 6 atom stereocenters. The zero-order valence-corrected chi connectivity index (χ0v) is 23.8. The van der Waals surface area contributed by atoms with Crippen LogP contribution in [0.5, 0.6) is 0 Å². The van der Waals surface area contributed by atoms with Crippen molar-refractivity contribution < 1.29 is 29.0 Å². The first kappa shape index (κ1) is 29.0. The number of hydrogen-bond donors (Lipinski definition) is 1. The van der Waals surface area contributed by atoms with Crippen LogP contribution in [-0.4, -0.2) is 70.8 Å². The lowest BCUT2D eigenvalue weighted by Crippen LogP contribution is -2.59. The Kier molecular flexibility index (Phi) is 8.11. The molecule has 1 spiro atoms. The number of hydrogen-bond acceptors (Lipinski definition) is 6. The number of carbonyl (C=O) groups excluding carboxylic acids is 3. The number of likely N-dealkylation sites (tertiary alicyclic amines) is 1. The van der Waals surface area contributed by atoms with Crippen molar-refractivity contribution in [3.05, 3.63) is 54.6 Å². The molecule has 4 rings (SSSR count). The number of para-hydroxylation sites is 1. The van der Waals surface area contributed by atoms with Crippen molar-refractivity contribution >= 4 is 23.5 Å². The van der Waals surface area contributed by atoms with Gasteiger partial charge in [-0.05, 0) is 57.1 Å². The number of amides is 2. The van der Waals surface area contributed by atoms with Crippen molar-refractivity contribution in [1.82, 2.24) is 4.90 Å². The lowest BCUT2D eigenvalue weighted by Gasteiger charge is -2.40. The van der Waals surface area contributed by atoms with Gasteiger partial charge in [-0.25, -0.2) is 0 Å². The van der Waals surface area contributed by atoms with E-state index in [-0.39, 0.29) is 37.5 Å². The fourth-order valence-corrected chi connectivity index (χ4v) is 7.24. The molecule has 1 N–H and O–H groups in total. The van der Waals surface area contributed by atoms with E-state index < -0.39 is 41.1 Å². The van der Waals surface area contributed by atoms with Gasteiger partial charge >= 0.3 is 5.97 Å². The van der Waals surface area contributed by atoms with Gasteiger partial charge < -0.3 is 24.4 Å². The highest BCUT2D eigenvalue weighted by atomic mass is 16.6. The van der Waals surface area contributed by atoms with Gasteiger partial charge in [0.2, 0.25) is 5.91 Å². The summed E-state index contributed by atoms with van der Waals surface area (Å²) in [7, 11) is 0. The highest BCUT2D eigenvalue weighted by molar-refractivity contribution is 6.05. The second kappa shape index (κ2) is 10.9. The minimum Gasteiger partial charge on any atom is -0.461 e. The summed E-state index contributed by atoms with van der Waals surface area (Å²) in [5.41, 5.74) is 0.467. The molecule has 3 aliphatic heterocycles. The Hall–Kier alpha value is -2.97. The molecule has 0 radical (unpaired) electrons. The van der Waals surface area contributed by atoms with E-state index in [1.807, 2.05) is 52.8 Å². The molecule has 8 nitrogen and oxygen atoms in total. The maximum absolute atomic E-state index is 14.8. The summed E-state index contributed by atoms with van der Waals surface area (Å²) in [5, 5.41) is 10.5. The third-order valence-corrected chi connectivity index (χ3v) is 8.68. The third-order valence-electron chi connectivity index (χ3n) is 8.68. The van der Waals surface area contributed by atoms with Crippen molar-refractivity contribution in [2.24, 2.45) is 17.8 Å². The van der Waals surface area contributed by atoms with Crippen molar-refractivity contribution in [2.75, 3.05) is 24.7 Å². The van der Waals surface area contributed by atoms with E-state index in [0.717, 1.165) is 16.8 Å². The molecule has 8 heteroatoms. The Morgan fingerprint density at radius 2 is 1.90 bits per heavy atom. The number of anilines is 1. The van der Waals surface area contributed by atoms with E-state index in [9.17, 15) is 19.5 Å². The zero-order valence-electron chi connectivity index (χ0n) is 23.8. The molecular formula is C31H42N2O6. The molecule has 0 aromatic heterocycles. The first-order valence-electron chi connectivity index (χ1n) is 13.9. The number of nitrogens with zero attached hydrogens (tertiary/aromatic N) is 2. The lowest BCUT2D eigenvalue weighted by molar-refractivity contribution is -0.159. The molecule has 3 saturated heterocycles. The molecule has 2 amide bonds. The number of rotatable bonds is 11. The second-order valence-electron chi connectivity index (χ2n) is 11.8. The average molecular weight is 539 g/mol. The fraction of sp³-hybridized carbons (Fsp3) is 0.581. The number of aliphatic hydroxyl groups is 1. The first-order valence-corrected chi connectivity index (χ1v) is 13.9. The number of carbonyl (C=O) groups is 3. The van der Waals surface area contributed by atoms with Crippen LogP contribution in [0.3, 0.4) is 0 Å². The minimum absolute atomic E-state index is 0.0255. The van der Waals surface area contributed by atoms with E-state index in [4.69, 9.17) is 9.47 Å². The van der Waals surface area contributed by atoms with Crippen LogP contribution in [0.15, 0.2) is 43.5 Å². The van der Waals surface area contributed by atoms with Crippen molar-refractivity contribution in [1.29, 1.82) is 0 Å². The van der Waals surface area contributed by atoms with Crippen LogP contribution in [0.2, 0.25) is 0 Å². The van der Waals surface area contributed by atoms with Gasteiger partial charge in [0.25, 0.3) is 5.91 Å². The molecule has 0 aliphatic carbocycles. The first-order chi connectivity index (χ1) is 18.5. The van der Waals surface area contributed by atoms with Crippen LogP contribution >= 0.6 is 0 Å². The summed E-state index contributed by atoms with van der Waals surface area (Å²) < 4.78 is 12.1. The van der Waals surface area contributed by atoms with Gasteiger partial charge in [0.1, 0.15) is 24.2 Å². The molecule has 1 aromatic carbocycles. The average Bonchev–Trinajstić information content (AvgIpc) is 3.45. The molecule has 3 fully saturated rings. The van der Waals surface area contributed by atoms with E-state index in [2.05, 4.69) is 13.2 Å². The standard InChI is InChI=1S/C31H42N2O6/c1-8-15-32(25-20(5)11-10-12-21(25)6)28(36)26-31-14-13-30(7,39-31)24(29(37)38-16-9-2)23(31)27(35)33(26)22(18-34)17-19(3)4/h8-12,19,22-24,26,34H,1-2,13-18H2,3-7H3/t22-,23+,24-,26?,30+,31?/m1/s1. The van der Waals surface area contributed by atoms with Gasteiger partial charge in [-0.1, -0.05) is 50.8 Å². The van der Waals surface area contributed by atoms with Gasteiger partial charge in [-0.15, -0.1) is 6.58 Å². The number of ether oxygens (including phenoxy) is 2. The quantitative estimate of drug-likeness (QED) is 0.341. The number of aryl methyl sites for hydroxylation is 2. The molecule has 2 unspecified atom stereocenters. The molecule has 39 heavy (non-hydrogen) atoms. The predicted molar refractivity (Wildman–Crippen MR) is 149 cm³/mol. The molecule has 1 aromatic rings. The number of benzene rings is 1. The Balaban J connectivity index is 1.88.